The number of carbonyl (C=O) groups excluding carboxylic acids is 2. The molecule has 1 aliphatic carbocycles. The average Bonchev–Trinajstić information content (AvgIpc) is 2.69. The van der Waals surface area contributed by atoms with Gasteiger partial charge in [-0.1, -0.05) is 31.4 Å². The van der Waals surface area contributed by atoms with E-state index in [0.717, 1.165) is 24.3 Å². The van der Waals surface area contributed by atoms with Crippen LogP contribution in [0, 0.1) is 0 Å². The van der Waals surface area contributed by atoms with E-state index < -0.39 is 0 Å². The Kier molecular flexibility index (Phi) is 8.45. The summed E-state index contributed by atoms with van der Waals surface area (Å²) in [7, 11) is 5.60. The summed E-state index contributed by atoms with van der Waals surface area (Å²) in [5, 5.41) is 3.05. The molecule has 2 rings (SSSR count). The van der Waals surface area contributed by atoms with Crippen LogP contribution >= 0.6 is 11.8 Å². The molecule has 1 aromatic rings. The number of thioether (sulfide) groups is 1. The first-order valence-corrected chi connectivity index (χ1v) is 10.4. The second-order valence-corrected chi connectivity index (χ2v) is 7.93. The van der Waals surface area contributed by atoms with Crippen LogP contribution in [0.3, 0.4) is 0 Å². The zero-order valence-electron chi connectivity index (χ0n) is 16.2. The maximum absolute atomic E-state index is 12.7. The fourth-order valence-corrected chi connectivity index (χ4v) is 4.24. The molecule has 0 aliphatic heterocycles. The Labute approximate surface area is 161 Å². The summed E-state index contributed by atoms with van der Waals surface area (Å²) < 4.78 is 0. The molecule has 1 fully saturated rings. The largest absolute Gasteiger partial charge is 0.342 e. The Bertz CT molecular complexity index is 602. The predicted octanol–water partition coefficient (Wildman–Crippen LogP) is 2.86. The van der Waals surface area contributed by atoms with Gasteiger partial charge < -0.3 is 15.1 Å². The summed E-state index contributed by atoms with van der Waals surface area (Å²) in [6.45, 7) is 1.40. The number of likely N-dealkylation sites (N-methyl/N-ethyl adjacent to an activating group) is 2. The molecule has 1 aliphatic rings. The number of nitrogens with one attached hydrogen (secondary N) is 1. The lowest BCUT2D eigenvalue weighted by Crippen LogP contribution is -2.39. The third-order valence-corrected chi connectivity index (χ3v) is 6.09. The van der Waals surface area contributed by atoms with Gasteiger partial charge in [0.05, 0.1) is 11.3 Å². The molecule has 0 spiro atoms. The van der Waals surface area contributed by atoms with Crippen molar-refractivity contribution in [3.63, 3.8) is 0 Å². The van der Waals surface area contributed by atoms with E-state index in [-0.39, 0.29) is 11.8 Å². The number of hydrogen-bond acceptors (Lipinski definition) is 4. The average molecular weight is 378 g/mol. The number of nitrogens with zero attached hydrogens (tertiary/aromatic N) is 2. The van der Waals surface area contributed by atoms with Crippen molar-refractivity contribution >= 4 is 23.6 Å². The van der Waals surface area contributed by atoms with E-state index in [1.807, 2.05) is 50.3 Å². The molecule has 5 nitrogen and oxygen atoms in total. The van der Waals surface area contributed by atoms with Crippen LogP contribution in [0.5, 0.6) is 0 Å². The molecular formula is C20H31N3O2S. The first-order valence-electron chi connectivity index (χ1n) is 9.42. The molecule has 1 aromatic carbocycles. The van der Waals surface area contributed by atoms with Gasteiger partial charge in [0, 0.05) is 38.1 Å². The zero-order valence-corrected chi connectivity index (χ0v) is 17.0. The van der Waals surface area contributed by atoms with Gasteiger partial charge in [0.25, 0.3) is 5.91 Å². The summed E-state index contributed by atoms with van der Waals surface area (Å²) >= 11 is 1.46. The number of hydrogen-bond donors (Lipinski definition) is 1. The van der Waals surface area contributed by atoms with Gasteiger partial charge in [0.2, 0.25) is 5.91 Å². The van der Waals surface area contributed by atoms with E-state index in [9.17, 15) is 9.59 Å². The fourth-order valence-electron chi connectivity index (χ4n) is 3.27. The lowest BCUT2D eigenvalue weighted by molar-refractivity contribution is -0.129. The van der Waals surface area contributed by atoms with Crippen molar-refractivity contribution in [3.8, 4) is 0 Å². The molecule has 1 N–H and O–H groups in total. The lowest BCUT2D eigenvalue weighted by atomic mass is 9.94. The summed E-state index contributed by atoms with van der Waals surface area (Å²) in [6.07, 6.45) is 5.93. The van der Waals surface area contributed by atoms with Gasteiger partial charge in [-0.15, -0.1) is 11.8 Å². The Balaban J connectivity index is 1.96. The molecule has 0 atom stereocenters. The minimum atomic E-state index is -0.00330. The second-order valence-electron chi connectivity index (χ2n) is 6.91. The van der Waals surface area contributed by atoms with Crippen molar-refractivity contribution in [1.82, 2.24) is 15.1 Å². The molecule has 0 unspecified atom stereocenters. The molecule has 1 saturated carbocycles. The highest BCUT2D eigenvalue weighted by Gasteiger charge is 2.23. The molecular weight excluding hydrogens is 346 g/mol. The van der Waals surface area contributed by atoms with Gasteiger partial charge >= 0.3 is 0 Å². The highest BCUT2D eigenvalue weighted by molar-refractivity contribution is 8.00. The van der Waals surface area contributed by atoms with Crippen molar-refractivity contribution in [2.24, 2.45) is 0 Å². The number of rotatable bonds is 8. The van der Waals surface area contributed by atoms with E-state index in [1.54, 1.807) is 4.90 Å². The first-order chi connectivity index (χ1) is 12.5. The minimum Gasteiger partial charge on any atom is -0.342 e. The van der Waals surface area contributed by atoms with E-state index in [1.165, 1.54) is 31.0 Å². The van der Waals surface area contributed by atoms with Gasteiger partial charge in [0.15, 0.2) is 0 Å². The van der Waals surface area contributed by atoms with Crippen LogP contribution in [0.15, 0.2) is 29.2 Å². The summed E-state index contributed by atoms with van der Waals surface area (Å²) in [5.41, 5.74) is 0.671. The van der Waals surface area contributed by atoms with E-state index >= 15 is 0 Å². The monoisotopic (exact) mass is 377 g/mol. The molecule has 0 aromatic heterocycles. The van der Waals surface area contributed by atoms with Crippen molar-refractivity contribution in [2.75, 3.05) is 40.0 Å². The van der Waals surface area contributed by atoms with Crippen LogP contribution in [-0.4, -0.2) is 67.6 Å². The quantitative estimate of drug-likeness (QED) is 0.708. The van der Waals surface area contributed by atoms with Crippen molar-refractivity contribution < 1.29 is 9.59 Å². The molecule has 0 bridgehead atoms. The topological polar surface area (TPSA) is 52.7 Å². The van der Waals surface area contributed by atoms with Crippen LogP contribution in [0.1, 0.15) is 42.5 Å². The van der Waals surface area contributed by atoms with Gasteiger partial charge in [-0.05, 0) is 32.0 Å². The Hall–Kier alpha value is -1.53. The Morgan fingerprint density at radius 2 is 1.85 bits per heavy atom. The highest BCUT2D eigenvalue weighted by Crippen LogP contribution is 2.26. The van der Waals surface area contributed by atoms with Crippen molar-refractivity contribution in [1.29, 1.82) is 0 Å². The third-order valence-electron chi connectivity index (χ3n) is 5.03. The zero-order chi connectivity index (χ0) is 18.9. The van der Waals surface area contributed by atoms with Crippen molar-refractivity contribution in [2.45, 2.75) is 43.0 Å². The van der Waals surface area contributed by atoms with Crippen LogP contribution in [0.4, 0.5) is 0 Å². The molecule has 0 heterocycles. The number of benzene rings is 1. The summed E-state index contributed by atoms with van der Waals surface area (Å²) in [6, 6.07) is 7.94. The van der Waals surface area contributed by atoms with E-state index in [2.05, 4.69) is 5.32 Å². The Morgan fingerprint density at radius 3 is 2.54 bits per heavy atom. The second kappa shape index (κ2) is 10.6. The molecule has 26 heavy (non-hydrogen) atoms. The number of amides is 2. The van der Waals surface area contributed by atoms with Crippen LogP contribution in [0.25, 0.3) is 0 Å². The standard InChI is InChI=1S/C20H31N3O2S/c1-21-13-14-22(2)20(25)17-11-7-8-12-18(17)26-15-19(24)23(3)16-9-5-4-6-10-16/h7-8,11-12,16,21H,4-6,9-10,13-15H2,1-3H3. The SMILES string of the molecule is CNCCN(C)C(=O)c1ccccc1SCC(=O)N(C)C1CCCCC1. The molecule has 0 radical (unpaired) electrons. The van der Waals surface area contributed by atoms with Crippen LogP contribution in [0.2, 0.25) is 0 Å². The lowest BCUT2D eigenvalue weighted by Gasteiger charge is -2.31. The number of carbonyl (C=O) groups is 2. The highest BCUT2D eigenvalue weighted by atomic mass is 32.2. The van der Waals surface area contributed by atoms with Crippen LogP contribution in [-0.2, 0) is 4.79 Å². The molecule has 6 heteroatoms. The Morgan fingerprint density at radius 1 is 1.15 bits per heavy atom. The van der Waals surface area contributed by atoms with Gasteiger partial charge in [-0.3, -0.25) is 9.59 Å². The first kappa shape index (κ1) is 20.8. The molecule has 0 saturated heterocycles. The smallest absolute Gasteiger partial charge is 0.254 e. The normalized spacial score (nSPS) is 14.9. The maximum atomic E-state index is 12.7. The van der Waals surface area contributed by atoms with Gasteiger partial charge in [-0.2, -0.15) is 0 Å². The minimum absolute atomic E-state index is 0.00330. The summed E-state index contributed by atoms with van der Waals surface area (Å²) in [5.74, 6) is 0.515. The molecule has 144 valence electrons. The third kappa shape index (κ3) is 5.74. The van der Waals surface area contributed by atoms with E-state index in [4.69, 9.17) is 0 Å². The summed E-state index contributed by atoms with van der Waals surface area (Å²) in [4.78, 5) is 29.8. The van der Waals surface area contributed by atoms with Gasteiger partial charge in [-0.25, -0.2) is 0 Å². The van der Waals surface area contributed by atoms with Crippen molar-refractivity contribution in [3.05, 3.63) is 29.8 Å². The fraction of sp³-hybridized carbons (Fsp3) is 0.600. The maximum Gasteiger partial charge on any atom is 0.254 e. The van der Waals surface area contributed by atoms with Gasteiger partial charge in [0.1, 0.15) is 0 Å². The predicted molar refractivity (Wildman–Crippen MR) is 108 cm³/mol. The van der Waals surface area contributed by atoms with E-state index in [0.29, 0.717) is 23.9 Å². The molecule has 2 amide bonds. The van der Waals surface area contributed by atoms with Crippen LogP contribution < -0.4 is 5.32 Å².